The molecule has 0 aliphatic heterocycles. The Morgan fingerprint density at radius 3 is 2.78 bits per heavy atom. The van der Waals surface area contributed by atoms with Crippen LogP contribution >= 0.6 is 0 Å². The number of nitrogens with zero attached hydrogens (tertiary/aromatic N) is 2. The van der Waals surface area contributed by atoms with Crippen molar-refractivity contribution in [2.75, 3.05) is 32.5 Å². The van der Waals surface area contributed by atoms with Gasteiger partial charge in [-0.1, -0.05) is 19.1 Å². The van der Waals surface area contributed by atoms with E-state index in [2.05, 4.69) is 49.2 Å². The number of aryl methyl sites for hydroxylation is 1. The van der Waals surface area contributed by atoms with Crippen LogP contribution < -0.4 is 5.32 Å². The standard InChI is InChI=1S/C22H26N4O/c1-13(12-26(3)4)10-23-22-20-19-17-7-6-16(27)9-15(17)5-8-18(19)25-21(20)14(2)11-24-22/h5-9,11,13,25,27H,10,12H2,1-4H3,(H,23,24). The van der Waals surface area contributed by atoms with Gasteiger partial charge in [0.05, 0.1) is 10.9 Å². The van der Waals surface area contributed by atoms with Crippen LogP contribution in [-0.2, 0) is 0 Å². The molecule has 0 amide bonds. The lowest BCUT2D eigenvalue weighted by molar-refractivity contribution is 0.347. The smallest absolute Gasteiger partial charge is 0.136 e. The number of aromatic nitrogens is 2. The Balaban J connectivity index is 1.89. The van der Waals surface area contributed by atoms with Gasteiger partial charge < -0.3 is 20.3 Å². The first kappa shape index (κ1) is 17.6. The van der Waals surface area contributed by atoms with Crippen molar-refractivity contribution >= 4 is 38.4 Å². The second-order valence-electron chi connectivity index (χ2n) is 7.81. The third-order valence-electron chi connectivity index (χ3n) is 5.08. The van der Waals surface area contributed by atoms with Gasteiger partial charge in [0.2, 0.25) is 0 Å². The van der Waals surface area contributed by atoms with Crippen LogP contribution in [-0.4, -0.2) is 47.2 Å². The van der Waals surface area contributed by atoms with Crippen LogP contribution in [0.15, 0.2) is 36.5 Å². The zero-order valence-electron chi connectivity index (χ0n) is 16.3. The number of rotatable bonds is 5. The number of aromatic hydroxyl groups is 1. The van der Waals surface area contributed by atoms with Crippen molar-refractivity contribution in [3.05, 3.63) is 42.1 Å². The maximum absolute atomic E-state index is 9.85. The molecule has 2 heterocycles. The molecule has 140 valence electrons. The summed E-state index contributed by atoms with van der Waals surface area (Å²) in [5, 5.41) is 17.8. The molecule has 0 aliphatic rings. The van der Waals surface area contributed by atoms with Gasteiger partial charge in [-0.15, -0.1) is 0 Å². The van der Waals surface area contributed by atoms with E-state index in [0.717, 1.165) is 57.0 Å². The lowest BCUT2D eigenvalue weighted by Crippen LogP contribution is -2.25. The Kier molecular flexibility index (Phi) is 4.40. The van der Waals surface area contributed by atoms with Crippen molar-refractivity contribution in [3.8, 4) is 5.75 Å². The molecule has 3 N–H and O–H groups in total. The molecule has 0 spiro atoms. The minimum atomic E-state index is 0.284. The molecule has 5 nitrogen and oxygen atoms in total. The van der Waals surface area contributed by atoms with Crippen LogP contribution in [0.25, 0.3) is 32.6 Å². The Bertz CT molecular complexity index is 1130. The van der Waals surface area contributed by atoms with Gasteiger partial charge in [-0.3, -0.25) is 0 Å². The molecule has 2 aromatic carbocycles. The van der Waals surface area contributed by atoms with E-state index in [9.17, 15) is 5.11 Å². The fraction of sp³-hybridized carbons (Fsp3) is 0.318. The molecular formula is C22H26N4O. The van der Waals surface area contributed by atoms with Crippen molar-refractivity contribution in [3.63, 3.8) is 0 Å². The lowest BCUT2D eigenvalue weighted by atomic mass is 10.0. The van der Waals surface area contributed by atoms with Crippen LogP contribution in [0.4, 0.5) is 5.82 Å². The third kappa shape index (κ3) is 3.19. The molecular weight excluding hydrogens is 336 g/mol. The van der Waals surface area contributed by atoms with Crippen molar-refractivity contribution in [1.29, 1.82) is 0 Å². The molecule has 0 aliphatic carbocycles. The van der Waals surface area contributed by atoms with Crippen molar-refractivity contribution in [2.24, 2.45) is 5.92 Å². The summed E-state index contributed by atoms with van der Waals surface area (Å²) in [5.74, 6) is 1.71. The second kappa shape index (κ2) is 6.74. The first-order chi connectivity index (χ1) is 12.9. The van der Waals surface area contributed by atoms with E-state index in [1.807, 2.05) is 24.4 Å². The number of aromatic amines is 1. The molecule has 0 radical (unpaired) electrons. The number of phenols is 1. The highest BCUT2D eigenvalue weighted by Crippen LogP contribution is 2.37. The highest BCUT2D eigenvalue weighted by atomic mass is 16.3. The summed E-state index contributed by atoms with van der Waals surface area (Å²) in [6, 6.07) is 9.66. The van der Waals surface area contributed by atoms with Gasteiger partial charge >= 0.3 is 0 Å². The Labute approximate surface area is 159 Å². The number of pyridine rings is 1. The van der Waals surface area contributed by atoms with E-state index in [1.165, 1.54) is 0 Å². The monoisotopic (exact) mass is 362 g/mol. The highest BCUT2D eigenvalue weighted by molar-refractivity contribution is 6.23. The molecule has 0 fully saturated rings. The summed E-state index contributed by atoms with van der Waals surface area (Å²) in [4.78, 5) is 10.5. The molecule has 0 saturated carbocycles. The zero-order valence-corrected chi connectivity index (χ0v) is 16.3. The van der Waals surface area contributed by atoms with E-state index in [1.54, 1.807) is 6.07 Å². The van der Waals surface area contributed by atoms with Crippen LogP contribution in [0, 0.1) is 12.8 Å². The molecule has 5 heteroatoms. The number of hydrogen-bond donors (Lipinski definition) is 3. The van der Waals surface area contributed by atoms with Gasteiger partial charge in [-0.2, -0.15) is 0 Å². The van der Waals surface area contributed by atoms with Crippen molar-refractivity contribution in [1.82, 2.24) is 14.9 Å². The van der Waals surface area contributed by atoms with Crippen LogP contribution in [0.5, 0.6) is 5.75 Å². The van der Waals surface area contributed by atoms with Gasteiger partial charge in [0.1, 0.15) is 11.6 Å². The molecule has 4 aromatic rings. The number of H-pyrrole nitrogens is 1. The second-order valence-corrected chi connectivity index (χ2v) is 7.81. The van der Waals surface area contributed by atoms with Gasteiger partial charge in [0.15, 0.2) is 0 Å². The van der Waals surface area contributed by atoms with Crippen molar-refractivity contribution in [2.45, 2.75) is 13.8 Å². The predicted octanol–water partition coefficient (Wildman–Crippen LogP) is 4.49. The number of nitrogens with one attached hydrogen (secondary N) is 2. The van der Waals surface area contributed by atoms with Crippen LogP contribution in [0.3, 0.4) is 0 Å². The Hall–Kier alpha value is -2.79. The average Bonchev–Trinajstić information content (AvgIpc) is 3.01. The molecule has 1 atom stereocenters. The van der Waals surface area contributed by atoms with Gasteiger partial charge in [0.25, 0.3) is 0 Å². The summed E-state index contributed by atoms with van der Waals surface area (Å²) in [7, 11) is 4.19. The average molecular weight is 362 g/mol. The first-order valence-electron chi connectivity index (χ1n) is 9.35. The van der Waals surface area contributed by atoms with Gasteiger partial charge in [0, 0.05) is 30.2 Å². The zero-order chi connectivity index (χ0) is 19.1. The largest absolute Gasteiger partial charge is 0.508 e. The number of hydrogen-bond acceptors (Lipinski definition) is 4. The molecule has 0 bridgehead atoms. The first-order valence-corrected chi connectivity index (χ1v) is 9.35. The summed E-state index contributed by atoms with van der Waals surface area (Å²) >= 11 is 0. The van der Waals surface area contributed by atoms with E-state index in [-0.39, 0.29) is 5.75 Å². The lowest BCUT2D eigenvalue weighted by Gasteiger charge is -2.18. The molecule has 2 aromatic heterocycles. The maximum Gasteiger partial charge on any atom is 0.136 e. The number of fused-ring (bicyclic) bond motifs is 5. The topological polar surface area (TPSA) is 64.2 Å². The summed E-state index contributed by atoms with van der Waals surface area (Å²) in [6.45, 7) is 6.21. The SMILES string of the molecule is Cc1cnc(NCC(C)CN(C)C)c2c1[nH]c1ccc3cc(O)ccc3c12. The summed E-state index contributed by atoms with van der Waals surface area (Å²) in [5.41, 5.74) is 3.33. The minimum absolute atomic E-state index is 0.284. The quantitative estimate of drug-likeness (QED) is 0.489. The fourth-order valence-electron chi connectivity index (χ4n) is 3.93. The fourth-order valence-corrected chi connectivity index (χ4v) is 3.93. The van der Waals surface area contributed by atoms with Gasteiger partial charge in [-0.25, -0.2) is 4.98 Å². The summed E-state index contributed by atoms with van der Waals surface area (Å²) in [6.07, 6.45) is 1.92. The third-order valence-corrected chi connectivity index (χ3v) is 5.08. The van der Waals surface area contributed by atoms with E-state index in [0.29, 0.717) is 5.92 Å². The number of phenolic OH excluding ortho intramolecular Hbond substituents is 1. The Morgan fingerprint density at radius 2 is 2.00 bits per heavy atom. The van der Waals surface area contributed by atoms with Crippen LogP contribution in [0.1, 0.15) is 12.5 Å². The van der Waals surface area contributed by atoms with Crippen molar-refractivity contribution < 1.29 is 5.11 Å². The van der Waals surface area contributed by atoms with Crippen LogP contribution in [0.2, 0.25) is 0 Å². The predicted molar refractivity (Wildman–Crippen MR) is 114 cm³/mol. The number of benzene rings is 2. The van der Waals surface area contributed by atoms with E-state index >= 15 is 0 Å². The van der Waals surface area contributed by atoms with E-state index < -0.39 is 0 Å². The number of anilines is 1. The molecule has 4 rings (SSSR count). The highest BCUT2D eigenvalue weighted by Gasteiger charge is 2.15. The normalized spacial score (nSPS) is 13.1. The molecule has 0 saturated heterocycles. The molecule has 1 unspecified atom stereocenters. The van der Waals surface area contributed by atoms with E-state index in [4.69, 9.17) is 4.98 Å². The summed E-state index contributed by atoms with van der Waals surface area (Å²) < 4.78 is 0. The maximum atomic E-state index is 9.85. The Morgan fingerprint density at radius 1 is 1.19 bits per heavy atom. The minimum Gasteiger partial charge on any atom is -0.508 e. The molecule has 27 heavy (non-hydrogen) atoms. The van der Waals surface area contributed by atoms with Gasteiger partial charge in [-0.05, 0) is 61.5 Å².